The fraction of sp³-hybridized carbons (Fsp3) is 0.171. The molecule has 0 unspecified atom stereocenters. The van der Waals surface area contributed by atoms with E-state index in [-0.39, 0.29) is 84.9 Å². The molecule has 3 aromatic heterocycles. The lowest BCUT2D eigenvalue weighted by Crippen LogP contribution is -2.13. The van der Waals surface area contributed by atoms with Crippen LogP contribution in [0.25, 0.3) is 100 Å². The molecule has 0 aliphatic rings. The van der Waals surface area contributed by atoms with Crippen molar-refractivity contribution in [3.8, 4) is 62.0 Å². The van der Waals surface area contributed by atoms with E-state index in [0.717, 1.165) is 82.8 Å². The topological polar surface area (TPSA) is 46.5 Å². The summed E-state index contributed by atoms with van der Waals surface area (Å²) < 4.78 is 353. The average molecular weight is 1390 g/mol. The number of pyridine rings is 1. The summed E-state index contributed by atoms with van der Waals surface area (Å²) in [5, 5.41) is 11.1. The Morgan fingerprint density at radius 3 is 1.07 bits per heavy atom. The van der Waals surface area contributed by atoms with Crippen molar-refractivity contribution in [1.82, 2.24) is 14.1 Å². The van der Waals surface area contributed by atoms with Crippen LogP contribution in [-0.2, 0) is 49.4 Å². The second kappa shape index (κ2) is 23.5. The number of halogens is 24. The minimum Gasteiger partial charge on any atom is -0.307 e. The van der Waals surface area contributed by atoms with E-state index < -0.39 is 150 Å². The molecule has 11 rings (SSSR count). The highest BCUT2D eigenvalue weighted by atomic mass is 19.4. The Kier molecular flexibility index (Phi) is 16.6. The molecular weight excluding hydrogens is 1350 g/mol. The third kappa shape index (κ3) is 12.9. The van der Waals surface area contributed by atoms with E-state index in [0.29, 0.717) is 59.9 Å². The Labute approximate surface area is 536 Å². The number of hydrogen-bond acceptors (Lipinski definition) is 2. The third-order valence-corrected chi connectivity index (χ3v) is 16.5. The molecule has 0 saturated heterocycles. The summed E-state index contributed by atoms with van der Waals surface area (Å²) in [6.45, 7) is 5.39. The van der Waals surface area contributed by atoms with E-state index in [1.54, 1.807) is 0 Å². The molecule has 0 N–H and O–H groups in total. The molecule has 28 heteroatoms. The van der Waals surface area contributed by atoms with E-state index in [1.807, 2.05) is 6.07 Å². The van der Waals surface area contributed by atoms with Gasteiger partial charge >= 0.3 is 49.4 Å². The van der Waals surface area contributed by atoms with Crippen molar-refractivity contribution in [3.63, 3.8) is 0 Å². The van der Waals surface area contributed by atoms with Crippen LogP contribution in [0.1, 0.15) is 85.2 Å². The normalized spacial score (nSPS) is 13.4. The number of benzene rings is 8. The summed E-state index contributed by atoms with van der Waals surface area (Å²) >= 11 is 0. The SMILES string of the molecule is C/C(=C\c1c(C)c2ccc(-c3ccc(C(F)(F)F)cc3C(F)(F)F)cc2n1-c1cc(-c2cc(C)nc(C)c2)c(C#N)cc1-n1c2cc(-c3ccc(C(F)(F)F)cc3C(F)(F)F)ccc2c2ccc(-c3ccc(C(F)(F)F)cc3C(F)(F)F)cc21)c1ccc(C(F)(F)F)cc1C(F)(F)F. The van der Waals surface area contributed by atoms with Crippen LogP contribution in [0.15, 0.2) is 152 Å². The second-order valence-corrected chi connectivity index (χ2v) is 22.9. The molecule has 0 atom stereocenters. The zero-order valence-electron chi connectivity index (χ0n) is 49.9. The lowest BCUT2D eigenvalue weighted by molar-refractivity contribution is -0.144. The number of allylic oxidation sites excluding steroid dienone is 1. The van der Waals surface area contributed by atoms with E-state index >= 15 is 52.7 Å². The van der Waals surface area contributed by atoms with E-state index in [9.17, 15) is 57.9 Å². The Morgan fingerprint density at radius 1 is 0.357 bits per heavy atom. The Balaban J connectivity index is 1.36. The van der Waals surface area contributed by atoms with Gasteiger partial charge in [0.25, 0.3) is 0 Å². The number of nitriles is 1. The minimum atomic E-state index is -5.55. The number of rotatable bonds is 8. The Hall–Kier alpha value is -10.2. The van der Waals surface area contributed by atoms with Gasteiger partial charge < -0.3 is 9.13 Å². The van der Waals surface area contributed by atoms with Gasteiger partial charge in [0.15, 0.2) is 0 Å². The zero-order valence-corrected chi connectivity index (χ0v) is 49.9. The summed E-state index contributed by atoms with van der Waals surface area (Å²) in [5.74, 6) is 0. The molecule has 4 nitrogen and oxygen atoms in total. The number of aryl methyl sites for hydroxylation is 3. The molecule has 0 spiro atoms. The summed E-state index contributed by atoms with van der Waals surface area (Å²) in [5.41, 5.74) is -21.9. The molecule has 98 heavy (non-hydrogen) atoms. The van der Waals surface area contributed by atoms with Crippen LogP contribution in [0.3, 0.4) is 0 Å². The van der Waals surface area contributed by atoms with E-state index in [4.69, 9.17) is 0 Å². The molecule has 3 heterocycles. The van der Waals surface area contributed by atoms with Gasteiger partial charge in [0.05, 0.1) is 89.8 Å². The van der Waals surface area contributed by atoms with Crippen molar-refractivity contribution in [2.75, 3.05) is 0 Å². The lowest BCUT2D eigenvalue weighted by atomic mass is 9.95. The van der Waals surface area contributed by atoms with Crippen LogP contribution in [0.2, 0.25) is 0 Å². The molecule has 0 aliphatic heterocycles. The number of alkyl halides is 24. The minimum absolute atomic E-state index is 0.0296. The van der Waals surface area contributed by atoms with Gasteiger partial charge in [0.1, 0.15) is 0 Å². The molecule has 0 radical (unpaired) electrons. The van der Waals surface area contributed by atoms with Crippen LogP contribution in [-0.4, -0.2) is 14.1 Å². The fourth-order valence-corrected chi connectivity index (χ4v) is 12.1. The highest BCUT2D eigenvalue weighted by Gasteiger charge is 2.43. The summed E-state index contributed by atoms with van der Waals surface area (Å²) in [7, 11) is 0. The Bertz CT molecular complexity index is 4990. The molecule has 11 aromatic rings. The van der Waals surface area contributed by atoms with Crippen molar-refractivity contribution in [2.45, 2.75) is 77.1 Å². The third-order valence-electron chi connectivity index (χ3n) is 16.5. The van der Waals surface area contributed by atoms with Crippen LogP contribution < -0.4 is 0 Å². The maximum Gasteiger partial charge on any atom is 0.417 e. The number of hydrogen-bond donors (Lipinski definition) is 0. The van der Waals surface area contributed by atoms with Gasteiger partial charge in [-0.05, 0) is 180 Å². The van der Waals surface area contributed by atoms with Gasteiger partial charge in [0.2, 0.25) is 0 Å². The first-order chi connectivity index (χ1) is 45.2. The molecule has 0 aliphatic carbocycles. The van der Waals surface area contributed by atoms with Crippen LogP contribution in [0, 0.1) is 32.1 Å². The molecule has 8 aromatic carbocycles. The first-order valence-corrected chi connectivity index (χ1v) is 28.4. The van der Waals surface area contributed by atoms with Crippen LogP contribution >= 0.6 is 0 Å². The number of fused-ring (bicyclic) bond motifs is 4. The first-order valence-electron chi connectivity index (χ1n) is 28.4. The van der Waals surface area contributed by atoms with Crippen molar-refractivity contribution in [2.24, 2.45) is 0 Å². The van der Waals surface area contributed by atoms with Crippen molar-refractivity contribution in [3.05, 3.63) is 230 Å². The maximum absolute atomic E-state index is 15.1. The van der Waals surface area contributed by atoms with E-state index in [1.165, 1.54) is 39.0 Å². The second-order valence-electron chi connectivity index (χ2n) is 22.9. The van der Waals surface area contributed by atoms with Gasteiger partial charge in [-0.1, -0.05) is 60.7 Å². The molecular formula is C70H38F24N4. The number of nitrogens with zero attached hydrogens (tertiary/aromatic N) is 4. The largest absolute Gasteiger partial charge is 0.417 e. The molecule has 506 valence electrons. The van der Waals surface area contributed by atoms with Gasteiger partial charge in [-0.25, -0.2) is 0 Å². The number of aromatic nitrogens is 3. The monoisotopic (exact) mass is 1390 g/mol. The van der Waals surface area contributed by atoms with Crippen LogP contribution in [0.4, 0.5) is 105 Å². The average Bonchev–Trinajstić information content (AvgIpc) is 1.54. The molecule has 0 amide bonds. The highest BCUT2D eigenvalue weighted by Crippen LogP contribution is 2.50. The highest BCUT2D eigenvalue weighted by molar-refractivity contribution is 6.12. The summed E-state index contributed by atoms with van der Waals surface area (Å²) in [4.78, 5) is 4.37. The summed E-state index contributed by atoms with van der Waals surface area (Å²) in [6.07, 6.45) is -42.5. The lowest BCUT2D eigenvalue weighted by Gasteiger charge is -2.22. The predicted molar refractivity (Wildman–Crippen MR) is 316 cm³/mol. The van der Waals surface area contributed by atoms with Gasteiger partial charge in [-0.2, -0.15) is 111 Å². The predicted octanol–water partition coefficient (Wildman–Crippen LogP) is 24.3. The van der Waals surface area contributed by atoms with Gasteiger partial charge in [0, 0.05) is 33.1 Å². The van der Waals surface area contributed by atoms with Gasteiger partial charge in [-0.3, -0.25) is 4.98 Å². The van der Waals surface area contributed by atoms with Gasteiger partial charge in [-0.15, -0.1) is 0 Å². The molecule has 0 saturated carbocycles. The smallest absolute Gasteiger partial charge is 0.307 e. The van der Waals surface area contributed by atoms with Crippen molar-refractivity contribution >= 4 is 44.4 Å². The fourth-order valence-electron chi connectivity index (χ4n) is 12.1. The quantitative estimate of drug-likeness (QED) is 0.142. The summed E-state index contributed by atoms with van der Waals surface area (Å²) in [6, 6.07) is 19.3. The maximum atomic E-state index is 15.1. The van der Waals surface area contributed by atoms with E-state index in [2.05, 4.69) is 4.98 Å². The zero-order chi connectivity index (χ0) is 71.9. The Morgan fingerprint density at radius 2 is 0.704 bits per heavy atom. The standard InChI is InChI=1S/C70H38F24N4/c1-32(45-15-8-41(63(71,72)73)26-53(45)67(83,84)85)19-57-35(4)46-12-5-36(47-16-9-42(64(74,75)76)27-54(47)68(86,87)88)22-58(46)97(57)62-30-52(39-20-33(2)96-34(3)21-39)40(31-95)25-61(62)98-59-23-37(48-17-10-43(65(77,78)79)28-55(48)69(89,90)91)6-13-50(59)51-14-7-38(24-60(51)98)49-18-11-44(66(80,81)82)29-56(49)70(92,93)94/h5-30H,1-4H3/b32-19+. The molecule has 0 bridgehead atoms. The first kappa shape index (κ1) is 69.2. The van der Waals surface area contributed by atoms with Crippen molar-refractivity contribution < 1.29 is 105 Å². The van der Waals surface area contributed by atoms with Crippen LogP contribution in [0.5, 0.6) is 0 Å². The van der Waals surface area contributed by atoms with Crippen molar-refractivity contribution in [1.29, 1.82) is 5.26 Å². The molecule has 0 fully saturated rings.